The number of ether oxygens (including phenoxy) is 2. The molecule has 0 amide bonds. The Labute approximate surface area is 157 Å². The first-order chi connectivity index (χ1) is 13.6. The molecule has 4 aromatic rings. The van der Waals surface area contributed by atoms with Crippen molar-refractivity contribution in [3.05, 3.63) is 71.6 Å². The van der Waals surface area contributed by atoms with Gasteiger partial charge in [0.15, 0.2) is 28.8 Å². The molecule has 0 fully saturated rings. The summed E-state index contributed by atoms with van der Waals surface area (Å²) in [4.78, 5) is 0. The van der Waals surface area contributed by atoms with Crippen LogP contribution in [0.5, 0.6) is 11.5 Å². The van der Waals surface area contributed by atoms with E-state index in [9.17, 15) is 8.78 Å². The largest absolute Gasteiger partial charge is 0.454 e. The molecule has 9 heteroatoms. The van der Waals surface area contributed by atoms with E-state index in [1.165, 1.54) is 12.1 Å². The number of rotatable bonds is 4. The number of aromatic nitrogens is 4. The Bertz CT molecular complexity index is 1170. The number of anilines is 2. The fraction of sp³-hybridized carbons (Fsp3) is 0.105. The van der Waals surface area contributed by atoms with Crippen molar-refractivity contribution in [2.24, 2.45) is 0 Å². The smallest absolute Gasteiger partial charge is 0.231 e. The van der Waals surface area contributed by atoms with Crippen molar-refractivity contribution in [2.45, 2.75) is 6.42 Å². The summed E-state index contributed by atoms with van der Waals surface area (Å²) in [7, 11) is 0. The van der Waals surface area contributed by atoms with Crippen LogP contribution in [0.3, 0.4) is 0 Å². The zero-order valence-corrected chi connectivity index (χ0v) is 14.4. The quantitative estimate of drug-likeness (QED) is 0.584. The van der Waals surface area contributed by atoms with Gasteiger partial charge < -0.3 is 14.8 Å². The normalized spacial score (nSPS) is 12.5. The molecular formula is C19H13F2N5O2. The third-order valence-corrected chi connectivity index (χ3v) is 4.26. The first-order valence-electron chi connectivity index (χ1n) is 8.47. The van der Waals surface area contributed by atoms with E-state index in [2.05, 4.69) is 20.6 Å². The maximum atomic E-state index is 13.4. The van der Waals surface area contributed by atoms with Gasteiger partial charge in [-0.25, -0.2) is 8.78 Å². The summed E-state index contributed by atoms with van der Waals surface area (Å²) in [5, 5.41) is 15.6. The standard InChI is InChI=1S/C19H13F2N5O2/c20-12-7-13(21)9-14(8-12)22-17-3-4-18-23-24-19(26(18)25-17)6-11-1-2-15-16(5-11)28-10-27-15/h1-5,7-9H,6,10H2,(H,22,25). The molecule has 1 aliphatic rings. The second-order valence-corrected chi connectivity index (χ2v) is 6.25. The fourth-order valence-corrected chi connectivity index (χ4v) is 3.02. The molecule has 0 unspecified atom stereocenters. The molecular weight excluding hydrogens is 368 g/mol. The highest BCUT2D eigenvalue weighted by molar-refractivity contribution is 5.57. The molecule has 28 heavy (non-hydrogen) atoms. The molecule has 0 bridgehead atoms. The SMILES string of the molecule is Fc1cc(F)cc(Nc2ccc3nnc(Cc4ccc5c(c4)OCO5)n3n2)c1. The van der Waals surface area contributed by atoms with Crippen molar-refractivity contribution < 1.29 is 18.3 Å². The number of hydrogen-bond acceptors (Lipinski definition) is 6. The van der Waals surface area contributed by atoms with Gasteiger partial charge in [0.1, 0.15) is 11.6 Å². The number of benzene rings is 2. The second-order valence-electron chi connectivity index (χ2n) is 6.25. The van der Waals surface area contributed by atoms with E-state index in [4.69, 9.17) is 9.47 Å². The Hall–Kier alpha value is -3.75. The highest BCUT2D eigenvalue weighted by Gasteiger charge is 2.15. The Kier molecular flexibility index (Phi) is 3.78. The van der Waals surface area contributed by atoms with Gasteiger partial charge in [0.2, 0.25) is 6.79 Å². The maximum Gasteiger partial charge on any atom is 0.231 e. The second kappa shape index (κ2) is 6.45. The highest BCUT2D eigenvalue weighted by Crippen LogP contribution is 2.33. The lowest BCUT2D eigenvalue weighted by Gasteiger charge is -2.07. The molecule has 0 atom stereocenters. The molecule has 3 heterocycles. The summed E-state index contributed by atoms with van der Waals surface area (Å²) in [6.07, 6.45) is 0.475. The van der Waals surface area contributed by atoms with Crippen LogP contribution in [0, 0.1) is 11.6 Å². The third-order valence-electron chi connectivity index (χ3n) is 4.26. The molecule has 2 aromatic heterocycles. The van der Waals surface area contributed by atoms with Gasteiger partial charge in [0, 0.05) is 18.2 Å². The third kappa shape index (κ3) is 3.07. The van der Waals surface area contributed by atoms with E-state index >= 15 is 0 Å². The van der Waals surface area contributed by atoms with Crippen LogP contribution in [0.15, 0.2) is 48.5 Å². The number of halogens is 2. The van der Waals surface area contributed by atoms with Crippen molar-refractivity contribution in [2.75, 3.05) is 12.1 Å². The van der Waals surface area contributed by atoms with E-state index in [-0.39, 0.29) is 12.5 Å². The number of nitrogens with zero attached hydrogens (tertiary/aromatic N) is 4. The van der Waals surface area contributed by atoms with Gasteiger partial charge in [-0.05, 0) is 42.0 Å². The van der Waals surface area contributed by atoms with Crippen molar-refractivity contribution in [3.8, 4) is 11.5 Å². The molecule has 0 aliphatic carbocycles. The molecule has 1 aliphatic heterocycles. The van der Waals surface area contributed by atoms with Crippen molar-refractivity contribution in [1.29, 1.82) is 0 Å². The van der Waals surface area contributed by atoms with Crippen LogP contribution in [-0.4, -0.2) is 26.6 Å². The first-order valence-corrected chi connectivity index (χ1v) is 8.47. The Balaban J connectivity index is 1.45. The summed E-state index contributed by atoms with van der Waals surface area (Å²) >= 11 is 0. The van der Waals surface area contributed by atoms with Crippen LogP contribution in [0.25, 0.3) is 5.65 Å². The molecule has 2 aromatic carbocycles. The van der Waals surface area contributed by atoms with Crippen molar-refractivity contribution in [1.82, 2.24) is 19.8 Å². The minimum absolute atomic E-state index is 0.212. The van der Waals surface area contributed by atoms with E-state index in [0.29, 0.717) is 35.2 Å². The average molecular weight is 381 g/mol. The minimum Gasteiger partial charge on any atom is -0.454 e. The molecule has 0 saturated carbocycles. The van der Waals surface area contributed by atoms with Crippen LogP contribution in [0.2, 0.25) is 0 Å². The van der Waals surface area contributed by atoms with E-state index in [1.54, 1.807) is 16.6 Å². The van der Waals surface area contributed by atoms with Gasteiger partial charge in [0.25, 0.3) is 0 Å². The van der Waals surface area contributed by atoms with Crippen LogP contribution < -0.4 is 14.8 Å². The van der Waals surface area contributed by atoms with Crippen LogP contribution in [0.1, 0.15) is 11.4 Å². The molecule has 0 radical (unpaired) electrons. The lowest BCUT2D eigenvalue weighted by Crippen LogP contribution is -2.03. The summed E-state index contributed by atoms with van der Waals surface area (Å²) < 4.78 is 39.1. The van der Waals surface area contributed by atoms with E-state index in [0.717, 1.165) is 11.6 Å². The Morgan fingerprint density at radius 2 is 1.75 bits per heavy atom. The van der Waals surface area contributed by atoms with Crippen LogP contribution in [-0.2, 0) is 6.42 Å². The summed E-state index contributed by atoms with van der Waals surface area (Å²) in [6, 6.07) is 12.2. The van der Waals surface area contributed by atoms with Crippen molar-refractivity contribution in [3.63, 3.8) is 0 Å². The predicted octanol–water partition coefficient (Wildman–Crippen LogP) is 3.47. The predicted molar refractivity (Wildman–Crippen MR) is 95.8 cm³/mol. The molecule has 0 saturated heterocycles. The van der Waals surface area contributed by atoms with Crippen LogP contribution >= 0.6 is 0 Å². The van der Waals surface area contributed by atoms with Crippen molar-refractivity contribution >= 4 is 17.2 Å². The summed E-state index contributed by atoms with van der Waals surface area (Å²) in [5.41, 5.74) is 1.78. The average Bonchev–Trinajstić information content (AvgIpc) is 3.27. The zero-order chi connectivity index (χ0) is 19.1. The van der Waals surface area contributed by atoms with E-state index < -0.39 is 11.6 Å². The number of hydrogen-bond donors (Lipinski definition) is 1. The molecule has 5 rings (SSSR count). The fourth-order valence-electron chi connectivity index (χ4n) is 3.02. The summed E-state index contributed by atoms with van der Waals surface area (Å²) in [5.74, 6) is 1.08. The van der Waals surface area contributed by atoms with Crippen LogP contribution in [0.4, 0.5) is 20.3 Å². The van der Waals surface area contributed by atoms with Gasteiger partial charge in [-0.3, -0.25) is 0 Å². The van der Waals surface area contributed by atoms with E-state index in [1.807, 2.05) is 18.2 Å². The Morgan fingerprint density at radius 1 is 0.929 bits per heavy atom. The lowest BCUT2D eigenvalue weighted by molar-refractivity contribution is 0.174. The van der Waals surface area contributed by atoms with Gasteiger partial charge in [-0.2, -0.15) is 4.52 Å². The van der Waals surface area contributed by atoms with Gasteiger partial charge in [0.05, 0.1) is 0 Å². The summed E-state index contributed by atoms with van der Waals surface area (Å²) in [6.45, 7) is 0.212. The maximum absolute atomic E-state index is 13.4. The zero-order valence-electron chi connectivity index (χ0n) is 14.4. The Morgan fingerprint density at radius 3 is 2.61 bits per heavy atom. The molecule has 140 valence electrons. The minimum atomic E-state index is -0.670. The number of nitrogens with one attached hydrogen (secondary N) is 1. The topological polar surface area (TPSA) is 73.6 Å². The molecule has 0 spiro atoms. The lowest BCUT2D eigenvalue weighted by atomic mass is 10.1. The first kappa shape index (κ1) is 16.4. The van der Waals surface area contributed by atoms with Gasteiger partial charge >= 0.3 is 0 Å². The van der Waals surface area contributed by atoms with Gasteiger partial charge in [-0.1, -0.05) is 6.07 Å². The highest BCUT2D eigenvalue weighted by atomic mass is 19.1. The van der Waals surface area contributed by atoms with Gasteiger partial charge in [-0.15, -0.1) is 15.3 Å². The number of fused-ring (bicyclic) bond motifs is 2. The monoisotopic (exact) mass is 381 g/mol. The molecule has 1 N–H and O–H groups in total. The molecule has 7 nitrogen and oxygen atoms in total.